The first kappa shape index (κ1) is 21.5. The second-order valence-corrected chi connectivity index (χ2v) is 11.7. The van der Waals surface area contributed by atoms with Crippen LogP contribution in [0.25, 0.3) is 22.0 Å². The first-order valence-electron chi connectivity index (χ1n) is 9.97. The quantitative estimate of drug-likeness (QED) is 0.345. The van der Waals surface area contributed by atoms with E-state index in [0.29, 0.717) is 0 Å². The number of benzene rings is 2. The van der Waals surface area contributed by atoms with Crippen LogP contribution in [0.4, 0.5) is 0 Å². The standard InChI is InChI=1S/C25H24N2O2S2/c1-25(2,31(3,28)29)21-15-20-8-5-11-27-24(20)23(16-21)19-7-4-6-18(14-19)17-30-22-9-12-26-13-10-22/h4-16H,17H2,1-3H3. The normalized spacial score (nSPS) is 12.2. The van der Waals surface area contributed by atoms with Crippen LogP contribution in [0.3, 0.4) is 0 Å². The predicted octanol–water partition coefficient (Wildman–Crippen LogP) is 5.87. The first-order valence-corrected chi connectivity index (χ1v) is 12.8. The van der Waals surface area contributed by atoms with Gasteiger partial charge in [-0.15, -0.1) is 11.8 Å². The van der Waals surface area contributed by atoms with E-state index in [1.165, 1.54) is 16.7 Å². The SMILES string of the molecule is CC(C)(c1cc(-c2cccc(CSc3ccncc3)c2)c2ncccc2c1)S(C)(=O)=O. The lowest BCUT2D eigenvalue weighted by Crippen LogP contribution is -2.28. The maximum absolute atomic E-state index is 12.5. The fourth-order valence-corrected chi connectivity index (χ4v) is 4.78. The lowest BCUT2D eigenvalue weighted by Gasteiger charge is -2.24. The number of nitrogens with zero attached hydrogens (tertiary/aromatic N) is 2. The molecule has 0 saturated carbocycles. The summed E-state index contributed by atoms with van der Waals surface area (Å²) in [6.45, 7) is 3.51. The van der Waals surface area contributed by atoms with Crippen LogP contribution >= 0.6 is 11.8 Å². The van der Waals surface area contributed by atoms with E-state index in [0.717, 1.165) is 33.3 Å². The molecule has 2 aromatic heterocycles. The van der Waals surface area contributed by atoms with Gasteiger partial charge in [0.15, 0.2) is 9.84 Å². The molecule has 4 nitrogen and oxygen atoms in total. The van der Waals surface area contributed by atoms with Gasteiger partial charge in [-0.3, -0.25) is 9.97 Å². The summed E-state index contributed by atoms with van der Waals surface area (Å²) >= 11 is 1.76. The molecular formula is C25H24N2O2S2. The third-order valence-electron chi connectivity index (χ3n) is 5.62. The van der Waals surface area contributed by atoms with Crippen LogP contribution in [0.5, 0.6) is 0 Å². The molecular weight excluding hydrogens is 424 g/mol. The van der Waals surface area contributed by atoms with Crippen LogP contribution in [0.15, 0.2) is 84.1 Å². The minimum atomic E-state index is -3.30. The summed E-state index contributed by atoms with van der Waals surface area (Å²) in [5.74, 6) is 0.831. The fraction of sp³-hybridized carbons (Fsp3) is 0.200. The molecule has 0 fully saturated rings. The van der Waals surface area contributed by atoms with Gasteiger partial charge in [-0.2, -0.15) is 0 Å². The van der Waals surface area contributed by atoms with Crippen molar-refractivity contribution in [2.75, 3.05) is 6.26 Å². The molecule has 0 unspecified atom stereocenters. The summed E-state index contributed by atoms with van der Waals surface area (Å²) in [6.07, 6.45) is 6.66. The molecule has 0 aliphatic carbocycles. The Morgan fingerprint density at radius 1 is 0.935 bits per heavy atom. The highest BCUT2D eigenvalue weighted by atomic mass is 32.2. The van der Waals surface area contributed by atoms with Crippen molar-refractivity contribution >= 4 is 32.5 Å². The third-order valence-corrected chi connectivity index (χ3v) is 8.79. The zero-order valence-electron chi connectivity index (χ0n) is 17.7. The minimum Gasteiger partial charge on any atom is -0.265 e. The molecule has 4 aromatic rings. The number of fused-ring (bicyclic) bond motifs is 1. The maximum Gasteiger partial charge on any atom is 0.156 e. The average molecular weight is 449 g/mol. The number of aromatic nitrogens is 2. The molecule has 0 radical (unpaired) electrons. The summed E-state index contributed by atoms with van der Waals surface area (Å²) in [6, 6.07) is 20.2. The molecule has 0 atom stereocenters. The van der Waals surface area contributed by atoms with Crippen molar-refractivity contribution in [3.05, 3.63) is 90.4 Å². The monoisotopic (exact) mass is 448 g/mol. The Labute approximate surface area is 187 Å². The van der Waals surface area contributed by atoms with Gasteiger partial charge in [0.2, 0.25) is 0 Å². The van der Waals surface area contributed by atoms with Gasteiger partial charge in [0.05, 0.1) is 10.3 Å². The summed E-state index contributed by atoms with van der Waals surface area (Å²) in [4.78, 5) is 9.84. The summed E-state index contributed by atoms with van der Waals surface area (Å²) in [7, 11) is -3.30. The highest BCUT2D eigenvalue weighted by Gasteiger charge is 2.33. The molecule has 31 heavy (non-hydrogen) atoms. The van der Waals surface area contributed by atoms with Crippen molar-refractivity contribution in [1.82, 2.24) is 9.97 Å². The maximum atomic E-state index is 12.5. The van der Waals surface area contributed by atoms with Gasteiger partial charge in [0.1, 0.15) is 0 Å². The smallest absolute Gasteiger partial charge is 0.156 e. The van der Waals surface area contributed by atoms with Crippen molar-refractivity contribution in [2.24, 2.45) is 0 Å². The first-order chi connectivity index (χ1) is 14.8. The molecule has 0 aliphatic rings. The van der Waals surface area contributed by atoms with E-state index < -0.39 is 14.6 Å². The number of rotatable bonds is 6. The van der Waals surface area contributed by atoms with Crippen molar-refractivity contribution in [1.29, 1.82) is 0 Å². The van der Waals surface area contributed by atoms with Crippen molar-refractivity contribution in [3.8, 4) is 11.1 Å². The van der Waals surface area contributed by atoms with Gasteiger partial charge in [0.25, 0.3) is 0 Å². The molecule has 158 valence electrons. The van der Waals surface area contributed by atoms with Crippen LogP contribution in [0.1, 0.15) is 25.0 Å². The van der Waals surface area contributed by atoms with Gasteiger partial charge in [-0.05, 0) is 60.9 Å². The van der Waals surface area contributed by atoms with Crippen LogP contribution in [-0.2, 0) is 20.3 Å². The second kappa shape index (κ2) is 8.44. The second-order valence-electron chi connectivity index (χ2n) is 8.05. The van der Waals surface area contributed by atoms with E-state index in [1.807, 2.05) is 42.5 Å². The molecule has 2 heterocycles. The zero-order chi connectivity index (χ0) is 22.1. The number of hydrogen-bond acceptors (Lipinski definition) is 5. The van der Waals surface area contributed by atoms with Crippen LogP contribution in [-0.4, -0.2) is 24.6 Å². The number of thioether (sulfide) groups is 1. The highest BCUT2D eigenvalue weighted by molar-refractivity contribution is 7.98. The van der Waals surface area contributed by atoms with Gasteiger partial charge in [-0.1, -0.05) is 30.3 Å². The molecule has 0 amide bonds. The Balaban J connectivity index is 1.79. The zero-order valence-corrected chi connectivity index (χ0v) is 19.4. The van der Waals surface area contributed by atoms with E-state index in [2.05, 4.69) is 28.2 Å². The van der Waals surface area contributed by atoms with Crippen LogP contribution in [0, 0.1) is 0 Å². The number of sulfone groups is 1. The summed E-state index contributed by atoms with van der Waals surface area (Å²) in [5.41, 5.74) is 4.80. The van der Waals surface area contributed by atoms with E-state index in [4.69, 9.17) is 0 Å². The van der Waals surface area contributed by atoms with E-state index in [9.17, 15) is 8.42 Å². The molecule has 0 aliphatic heterocycles. The fourth-order valence-electron chi connectivity index (χ4n) is 3.40. The number of pyridine rings is 2. The lowest BCUT2D eigenvalue weighted by molar-refractivity contribution is 0.561. The topological polar surface area (TPSA) is 59.9 Å². The third kappa shape index (κ3) is 4.50. The molecule has 4 rings (SSSR count). The average Bonchev–Trinajstić information content (AvgIpc) is 2.77. The molecule has 0 spiro atoms. The Bertz CT molecular complexity index is 1330. The van der Waals surface area contributed by atoms with E-state index in [1.54, 1.807) is 44.2 Å². The number of hydrogen-bond donors (Lipinski definition) is 0. The molecule has 0 saturated heterocycles. The Kier molecular flexibility index (Phi) is 5.86. The molecule has 6 heteroatoms. The largest absolute Gasteiger partial charge is 0.265 e. The van der Waals surface area contributed by atoms with Crippen molar-refractivity contribution in [2.45, 2.75) is 29.2 Å². The van der Waals surface area contributed by atoms with Crippen molar-refractivity contribution in [3.63, 3.8) is 0 Å². The summed E-state index contributed by atoms with van der Waals surface area (Å²) < 4.78 is 24.0. The highest BCUT2D eigenvalue weighted by Crippen LogP contribution is 2.37. The molecule has 0 bridgehead atoms. The molecule has 2 aromatic carbocycles. The minimum absolute atomic E-state index is 0.766. The Morgan fingerprint density at radius 3 is 2.45 bits per heavy atom. The van der Waals surface area contributed by atoms with Gasteiger partial charge < -0.3 is 0 Å². The van der Waals surface area contributed by atoms with Crippen LogP contribution in [0.2, 0.25) is 0 Å². The van der Waals surface area contributed by atoms with Gasteiger partial charge in [0, 0.05) is 46.4 Å². The van der Waals surface area contributed by atoms with Crippen molar-refractivity contribution < 1.29 is 8.42 Å². The Morgan fingerprint density at radius 2 is 1.71 bits per heavy atom. The summed E-state index contributed by atoms with van der Waals surface area (Å²) in [5, 5.41) is 0.934. The molecule has 0 N–H and O–H groups in total. The Hall–Kier alpha value is -2.70. The van der Waals surface area contributed by atoms with E-state index in [-0.39, 0.29) is 0 Å². The lowest BCUT2D eigenvalue weighted by atomic mass is 9.93. The van der Waals surface area contributed by atoms with Gasteiger partial charge in [-0.25, -0.2) is 8.42 Å². The van der Waals surface area contributed by atoms with Crippen LogP contribution < -0.4 is 0 Å². The predicted molar refractivity (Wildman–Crippen MR) is 129 cm³/mol. The van der Waals surface area contributed by atoms with Gasteiger partial charge >= 0.3 is 0 Å². The van der Waals surface area contributed by atoms with E-state index >= 15 is 0 Å².